The van der Waals surface area contributed by atoms with Crippen molar-refractivity contribution in [2.24, 2.45) is 11.8 Å². The van der Waals surface area contributed by atoms with Crippen LogP contribution in [0, 0.1) is 17.7 Å². The lowest BCUT2D eigenvalue weighted by Gasteiger charge is -2.32. The molecule has 194 valence electrons. The van der Waals surface area contributed by atoms with Crippen LogP contribution >= 0.6 is 11.8 Å². The van der Waals surface area contributed by atoms with Crippen molar-refractivity contribution >= 4 is 35.4 Å². The Kier molecular flexibility index (Phi) is 9.25. The number of halogens is 1. The summed E-state index contributed by atoms with van der Waals surface area (Å²) in [6.07, 6.45) is 9.31. The molecule has 12 heteroatoms. The molecule has 2 saturated heterocycles. The Morgan fingerprint density at radius 3 is 2.60 bits per heavy atom. The molecular formula is C23H35FN6O4S. The number of hydrogen-bond acceptors (Lipinski definition) is 9. The second-order valence-corrected chi connectivity index (χ2v) is 10.1. The van der Waals surface area contributed by atoms with Crippen LogP contribution in [0.5, 0.6) is 0 Å². The molecule has 1 saturated carbocycles. The second-order valence-electron chi connectivity index (χ2n) is 9.32. The topological polar surface area (TPSA) is 118 Å². The molecule has 1 aromatic rings. The molecule has 3 heterocycles. The molecule has 35 heavy (non-hydrogen) atoms. The van der Waals surface area contributed by atoms with E-state index in [0.717, 1.165) is 58.0 Å². The number of nitrogens with one attached hydrogen (secondary N) is 3. The number of carbonyl (C=O) groups is 2. The van der Waals surface area contributed by atoms with Crippen molar-refractivity contribution in [2.75, 3.05) is 42.8 Å². The van der Waals surface area contributed by atoms with E-state index < -0.39 is 24.1 Å². The quantitative estimate of drug-likeness (QED) is 0.247. The fourth-order valence-electron chi connectivity index (χ4n) is 4.65. The Hall–Kier alpha value is -2.34. The van der Waals surface area contributed by atoms with E-state index in [4.69, 9.17) is 9.47 Å². The van der Waals surface area contributed by atoms with Gasteiger partial charge in [0.1, 0.15) is 0 Å². The zero-order valence-corrected chi connectivity index (χ0v) is 21.0. The van der Waals surface area contributed by atoms with Gasteiger partial charge in [-0.3, -0.25) is 15.6 Å². The van der Waals surface area contributed by atoms with Gasteiger partial charge in [-0.1, -0.05) is 37.4 Å². The van der Waals surface area contributed by atoms with Crippen LogP contribution in [0.3, 0.4) is 0 Å². The predicted octanol–water partition coefficient (Wildman–Crippen LogP) is 3.44. The zero-order chi connectivity index (χ0) is 24.6. The number of carbonyl (C=O) groups excluding carboxylic acids is 2. The summed E-state index contributed by atoms with van der Waals surface area (Å²) in [5, 5.41) is 3.13. The van der Waals surface area contributed by atoms with Crippen LogP contribution in [0.1, 0.15) is 57.8 Å². The first-order chi connectivity index (χ1) is 17.0. The Morgan fingerprint density at radius 2 is 1.94 bits per heavy atom. The van der Waals surface area contributed by atoms with Gasteiger partial charge in [-0.15, -0.1) is 0 Å². The highest BCUT2D eigenvalue weighted by Gasteiger charge is 2.28. The van der Waals surface area contributed by atoms with E-state index in [-0.39, 0.29) is 24.1 Å². The Balaban J connectivity index is 1.36. The summed E-state index contributed by atoms with van der Waals surface area (Å²) in [4.78, 5) is 35.7. The van der Waals surface area contributed by atoms with Crippen LogP contribution in [0.25, 0.3) is 0 Å². The average molecular weight is 511 g/mol. The van der Waals surface area contributed by atoms with Crippen LogP contribution in [0.15, 0.2) is 5.16 Å². The van der Waals surface area contributed by atoms with Crippen molar-refractivity contribution in [3.63, 3.8) is 0 Å². The molecule has 0 aromatic carbocycles. The maximum Gasteiger partial charge on any atom is 0.409 e. The number of thioether (sulfide) groups is 1. The molecular weight excluding hydrogens is 475 g/mol. The summed E-state index contributed by atoms with van der Waals surface area (Å²) >= 11 is 1.31. The van der Waals surface area contributed by atoms with Crippen molar-refractivity contribution in [2.45, 2.75) is 69.2 Å². The second kappa shape index (κ2) is 12.6. The van der Waals surface area contributed by atoms with Gasteiger partial charge in [0.2, 0.25) is 18.0 Å². The molecule has 0 spiro atoms. The van der Waals surface area contributed by atoms with E-state index in [2.05, 4.69) is 26.1 Å². The fraction of sp³-hybridized carbons (Fsp3) is 0.739. The Labute approximate surface area is 209 Å². The average Bonchev–Trinajstić information content (AvgIpc) is 3.34. The molecule has 3 N–H and O–H groups in total. The number of anilines is 2. The number of rotatable bonds is 10. The van der Waals surface area contributed by atoms with E-state index in [9.17, 15) is 9.59 Å². The predicted molar refractivity (Wildman–Crippen MR) is 131 cm³/mol. The summed E-state index contributed by atoms with van der Waals surface area (Å²) < 4.78 is 25.8. The summed E-state index contributed by atoms with van der Waals surface area (Å²) in [6.45, 7) is 2.18. The minimum absolute atomic E-state index is 0.0685. The lowest BCUT2D eigenvalue weighted by molar-refractivity contribution is -0.127. The highest BCUT2D eigenvalue weighted by molar-refractivity contribution is 7.98. The lowest BCUT2D eigenvalue weighted by atomic mass is 9.92. The van der Waals surface area contributed by atoms with Gasteiger partial charge in [0.05, 0.1) is 12.5 Å². The lowest BCUT2D eigenvalue weighted by Crippen LogP contribution is -2.43. The standard InChI is InChI=1S/C23H35FN6O4S/c1-35-22-26-19(18(24)20(27-22)30-10-6-11-30)28-29-21(31)16(13-15-7-2-3-8-15)14-25-23(32)34-17-9-4-5-12-33-17/h15-17H,2-14H2,1H3,(H,25,32)(H,29,31)(H,26,27,28)/t16-,17?/m1/s1. The van der Waals surface area contributed by atoms with Crippen molar-refractivity contribution in [3.8, 4) is 0 Å². The number of aromatic nitrogens is 2. The van der Waals surface area contributed by atoms with E-state index in [0.29, 0.717) is 30.5 Å². The normalized spacial score (nSPS) is 21.2. The van der Waals surface area contributed by atoms with Gasteiger partial charge in [-0.2, -0.15) is 4.39 Å². The largest absolute Gasteiger partial charge is 0.420 e. The number of hydrogen-bond donors (Lipinski definition) is 3. The summed E-state index contributed by atoms with van der Waals surface area (Å²) in [6, 6.07) is 0. The molecule has 2 amide bonds. The molecule has 1 unspecified atom stereocenters. The van der Waals surface area contributed by atoms with Crippen molar-refractivity contribution in [1.82, 2.24) is 20.7 Å². The first-order valence-corrected chi connectivity index (χ1v) is 13.7. The minimum atomic E-state index is -0.597. The number of alkyl carbamates (subject to hydrolysis) is 1. The molecule has 1 aliphatic carbocycles. The van der Waals surface area contributed by atoms with Gasteiger partial charge in [-0.05, 0) is 37.9 Å². The monoisotopic (exact) mass is 510 g/mol. The molecule has 0 bridgehead atoms. The Morgan fingerprint density at radius 1 is 1.17 bits per heavy atom. The van der Waals surface area contributed by atoms with E-state index in [1.165, 1.54) is 11.8 Å². The van der Waals surface area contributed by atoms with Crippen LogP contribution < -0.4 is 21.1 Å². The first kappa shape index (κ1) is 25.7. The number of hydrazine groups is 1. The van der Waals surface area contributed by atoms with Gasteiger partial charge < -0.3 is 19.7 Å². The molecule has 0 radical (unpaired) electrons. The minimum Gasteiger partial charge on any atom is -0.420 e. The number of nitrogens with zero attached hydrogens (tertiary/aromatic N) is 3. The van der Waals surface area contributed by atoms with E-state index in [1.54, 1.807) is 0 Å². The third-order valence-electron chi connectivity index (χ3n) is 6.79. The molecule has 2 aliphatic heterocycles. The fourth-order valence-corrected chi connectivity index (χ4v) is 5.01. The molecule has 1 aromatic heterocycles. The zero-order valence-electron chi connectivity index (χ0n) is 20.2. The van der Waals surface area contributed by atoms with Crippen LogP contribution in [-0.2, 0) is 14.3 Å². The van der Waals surface area contributed by atoms with Gasteiger partial charge in [0.25, 0.3) is 0 Å². The molecule has 3 fully saturated rings. The van der Waals surface area contributed by atoms with Crippen molar-refractivity contribution < 1.29 is 23.5 Å². The van der Waals surface area contributed by atoms with Crippen molar-refractivity contribution in [1.29, 1.82) is 0 Å². The van der Waals surface area contributed by atoms with Crippen LogP contribution in [0.2, 0.25) is 0 Å². The highest BCUT2D eigenvalue weighted by Crippen LogP contribution is 2.31. The molecule has 2 atom stereocenters. The van der Waals surface area contributed by atoms with Gasteiger partial charge in [0, 0.05) is 26.1 Å². The third kappa shape index (κ3) is 7.09. The summed E-state index contributed by atoms with van der Waals surface area (Å²) in [7, 11) is 0. The molecule has 3 aliphatic rings. The highest BCUT2D eigenvalue weighted by atomic mass is 32.2. The van der Waals surface area contributed by atoms with Crippen molar-refractivity contribution in [3.05, 3.63) is 5.82 Å². The van der Waals surface area contributed by atoms with Crippen LogP contribution in [-0.4, -0.2) is 60.8 Å². The van der Waals surface area contributed by atoms with E-state index in [1.807, 2.05) is 11.2 Å². The van der Waals surface area contributed by atoms with E-state index >= 15 is 4.39 Å². The van der Waals surface area contributed by atoms with Gasteiger partial charge in [-0.25, -0.2) is 14.8 Å². The maximum absolute atomic E-state index is 15.0. The maximum atomic E-state index is 15.0. The number of amides is 2. The van der Waals surface area contributed by atoms with Crippen LogP contribution in [0.4, 0.5) is 20.8 Å². The summed E-state index contributed by atoms with van der Waals surface area (Å²) in [5.74, 6) is -0.831. The SMILES string of the molecule is CSc1nc(NNC(=O)[C@@H](CNC(=O)OC2CCCCO2)CC2CCCC2)c(F)c(N2CCC2)n1. The summed E-state index contributed by atoms with van der Waals surface area (Å²) in [5.41, 5.74) is 5.27. The van der Waals surface area contributed by atoms with Gasteiger partial charge in [0.15, 0.2) is 16.8 Å². The first-order valence-electron chi connectivity index (χ1n) is 12.5. The smallest absolute Gasteiger partial charge is 0.409 e. The third-order valence-corrected chi connectivity index (χ3v) is 7.34. The number of ether oxygens (including phenoxy) is 2. The van der Waals surface area contributed by atoms with Gasteiger partial charge >= 0.3 is 6.09 Å². The Bertz CT molecular complexity index is 878. The molecule has 10 nitrogen and oxygen atoms in total. The molecule has 4 rings (SSSR count).